The Hall–Kier alpha value is -6.85. The van der Waals surface area contributed by atoms with Crippen molar-refractivity contribution in [2.75, 3.05) is 0 Å². The number of allylic oxidation sites excluding steroid dienone is 4. The van der Waals surface area contributed by atoms with Gasteiger partial charge in [-0.2, -0.15) is 0 Å². The Morgan fingerprint density at radius 3 is 2.04 bits per heavy atom. The van der Waals surface area contributed by atoms with Crippen molar-refractivity contribution < 1.29 is 4.74 Å². The zero-order chi connectivity index (χ0) is 35.9. The van der Waals surface area contributed by atoms with E-state index in [0.29, 0.717) is 0 Å². The van der Waals surface area contributed by atoms with Crippen molar-refractivity contribution in [3.63, 3.8) is 0 Å². The molecule has 6 aromatic rings. The maximum atomic E-state index is 6.73. The van der Waals surface area contributed by atoms with Crippen LogP contribution in [0, 0.1) is 0 Å². The number of aliphatic imine (C=N–C) groups is 1. The highest BCUT2D eigenvalue weighted by atomic mass is 16.5. The number of benzene rings is 4. The first-order valence-corrected chi connectivity index (χ1v) is 18.5. The van der Waals surface area contributed by atoms with Crippen LogP contribution in [0.1, 0.15) is 34.5 Å². The second-order valence-electron chi connectivity index (χ2n) is 13.9. The molecular formula is C49H36N4O. The zero-order valence-electron chi connectivity index (χ0n) is 29.5. The van der Waals surface area contributed by atoms with E-state index in [4.69, 9.17) is 19.7 Å². The Kier molecular flexibility index (Phi) is 7.84. The lowest BCUT2D eigenvalue weighted by Crippen LogP contribution is -2.44. The second-order valence-corrected chi connectivity index (χ2v) is 13.9. The van der Waals surface area contributed by atoms with Gasteiger partial charge in [-0.25, -0.2) is 4.99 Å². The summed E-state index contributed by atoms with van der Waals surface area (Å²) in [6, 6.07) is 46.8. The van der Waals surface area contributed by atoms with Crippen molar-refractivity contribution in [2.45, 2.75) is 24.0 Å². The van der Waals surface area contributed by atoms with E-state index in [9.17, 15) is 0 Å². The molecule has 4 heterocycles. The smallest absolute Gasteiger partial charge is 0.134 e. The van der Waals surface area contributed by atoms with Gasteiger partial charge in [0.2, 0.25) is 0 Å². The van der Waals surface area contributed by atoms with Gasteiger partial charge in [0.1, 0.15) is 23.1 Å². The number of pyridine rings is 2. The Labute approximate surface area is 315 Å². The molecule has 0 spiro atoms. The molecule has 0 bridgehead atoms. The highest BCUT2D eigenvalue weighted by Crippen LogP contribution is 2.54. The molecule has 10 rings (SSSR count). The normalized spacial score (nSPS) is 19.0. The minimum Gasteiger partial charge on any atom is -0.485 e. The Morgan fingerprint density at radius 2 is 1.30 bits per heavy atom. The lowest BCUT2D eigenvalue weighted by Gasteiger charge is -2.45. The first-order valence-electron chi connectivity index (χ1n) is 18.5. The van der Waals surface area contributed by atoms with Crippen molar-refractivity contribution in [1.29, 1.82) is 0 Å². The van der Waals surface area contributed by atoms with Crippen molar-refractivity contribution in [3.05, 3.63) is 228 Å². The van der Waals surface area contributed by atoms with Gasteiger partial charge >= 0.3 is 0 Å². The fourth-order valence-electron chi connectivity index (χ4n) is 8.30. The van der Waals surface area contributed by atoms with Gasteiger partial charge in [-0.1, -0.05) is 134 Å². The molecule has 0 amide bonds. The third-order valence-corrected chi connectivity index (χ3v) is 10.8. The first kappa shape index (κ1) is 31.9. The van der Waals surface area contributed by atoms with Gasteiger partial charge in [-0.05, 0) is 70.3 Å². The number of fused-ring (bicyclic) bond motifs is 3. The van der Waals surface area contributed by atoms with Gasteiger partial charge < -0.3 is 10.1 Å². The van der Waals surface area contributed by atoms with E-state index >= 15 is 0 Å². The lowest BCUT2D eigenvalue weighted by molar-refractivity contribution is 0.202. The Balaban J connectivity index is 1.04. The molecule has 0 fully saturated rings. The molecular weight excluding hydrogens is 661 g/mol. The fourth-order valence-corrected chi connectivity index (χ4v) is 8.30. The molecule has 0 saturated heterocycles. The van der Waals surface area contributed by atoms with E-state index in [1.807, 2.05) is 30.6 Å². The molecule has 4 aliphatic rings. The molecule has 4 aromatic carbocycles. The number of hydrogen-bond donors (Lipinski definition) is 1. The van der Waals surface area contributed by atoms with E-state index in [1.54, 1.807) is 0 Å². The summed E-state index contributed by atoms with van der Waals surface area (Å²) in [6.07, 6.45) is 19.5. The third kappa shape index (κ3) is 5.36. The standard InChI is InChI=1S/C49H36N4O/c1-2-13-35(14-3-1)48-52-42-19-6-4-17-39(42)47(53-48)38-16-12-15-36(31-38)33-23-25-34(26-24-33)37-27-28-44-41(32-37)49(45-21-8-10-29-50-45,46-22-9-11-30-51-46)40-18-5-7-20-43(40)54-44/h1-19,21-32,42-43H,20H2,(H,52,53). The first-order chi connectivity index (χ1) is 26.8. The molecule has 2 atom stereocenters. The van der Waals surface area contributed by atoms with Crippen LogP contribution in [0.5, 0.6) is 5.75 Å². The predicted octanol–water partition coefficient (Wildman–Crippen LogP) is 10.0. The van der Waals surface area contributed by atoms with Crippen LogP contribution in [0.2, 0.25) is 0 Å². The van der Waals surface area contributed by atoms with Crippen molar-refractivity contribution in [1.82, 2.24) is 15.3 Å². The maximum Gasteiger partial charge on any atom is 0.134 e. The molecule has 54 heavy (non-hydrogen) atoms. The molecule has 0 saturated carbocycles. The second kappa shape index (κ2) is 13.3. The molecule has 2 aliphatic carbocycles. The van der Waals surface area contributed by atoms with E-state index in [1.165, 1.54) is 5.57 Å². The van der Waals surface area contributed by atoms with Crippen molar-refractivity contribution >= 4 is 11.5 Å². The van der Waals surface area contributed by atoms with Crippen LogP contribution in [-0.2, 0) is 5.41 Å². The largest absolute Gasteiger partial charge is 0.485 e. The number of nitrogens with zero attached hydrogens (tertiary/aromatic N) is 3. The summed E-state index contributed by atoms with van der Waals surface area (Å²) in [5.41, 5.74) is 12.2. The highest BCUT2D eigenvalue weighted by molar-refractivity contribution is 6.04. The molecule has 1 N–H and O–H groups in total. The van der Waals surface area contributed by atoms with Crippen LogP contribution in [-0.4, -0.2) is 27.9 Å². The van der Waals surface area contributed by atoms with Crippen LogP contribution in [0.3, 0.4) is 0 Å². The summed E-state index contributed by atoms with van der Waals surface area (Å²) in [4.78, 5) is 15.2. The summed E-state index contributed by atoms with van der Waals surface area (Å²) in [5.74, 6) is 1.74. The van der Waals surface area contributed by atoms with Crippen LogP contribution >= 0.6 is 0 Å². The Morgan fingerprint density at radius 1 is 0.611 bits per heavy atom. The maximum absolute atomic E-state index is 6.73. The average Bonchev–Trinajstić information content (AvgIpc) is 3.26. The minimum atomic E-state index is -0.711. The van der Waals surface area contributed by atoms with Crippen molar-refractivity contribution in [2.24, 2.45) is 4.99 Å². The van der Waals surface area contributed by atoms with Crippen LogP contribution < -0.4 is 10.1 Å². The Bertz CT molecular complexity index is 2520. The quantitative estimate of drug-likeness (QED) is 0.188. The molecule has 258 valence electrons. The SMILES string of the molecule is C1=CCC2Oc3ccc(-c4ccc(-c5cccc(C6=C7C=CC=CC7NC(c7ccccc7)=N6)c5)cc4)cc3C(c3ccccn3)(c3ccccn3)C2=C1. The number of rotatable bonds is 6. The molecule has 2 unspecified atom stereocenters. The molecule has 2 aromatic heterocycles. The zero-order valence-corrected chi connectivity index (χ0v) is 29.5. The van der Waals surface area contributed by atoms with Crippen LogP contribution in [0.4, 0.5) is 0 Å². The van der Waals surface area contributed by atoms with Gasteiger partial charge in [0, 0.05) is 41.1 Å². The number of hydrogen-bond acceptors (Lipinski definition) is 5. The summed E-state index contributed by atoms with van der Waals surface area (Å²) in [5, 5.41) is 3.63. The lowest BCUT2D eigenvalue weighted by atomic mass is 9.64. The number of ether oxygens (including phenoxy) is 1. The molecule has 5 nitrogen and oxygen atoms in total. The predicted molar refractivity (Wildman–Crippen MR) is 217 cm³/mol. The van der Waals surface area contributed by atoms with E-state index in [0.717, 1.165) is 79.6 Å². The average molecular weight is 697 g/mol. The molecule has 2 aliphatic heterocycles. The minimum absolute atomic E-state index is 0.0634. The third-order valence-electron chi connectivity index (χ3n) is 10.8. The highest BCUT2D eigenvalue weighted by Gasteiger charge is 2.51. The van der Waals surface area contributed by atoms with E-state index < -0.39 is 5.41 Å². The summed E-state index contributed by atoms with van der Waals surface area (Å²) in [7, 11) is 0. The van der Waals surface area contributed by atoms with E-state index in [-0.39, 0.29) is 12.1 Å². The number of amidine groups is 1. The number of aromatic nitrogens is 2. The topological polar surface area (TPSA) is 59.4 Å². The van der Waals surface area contributed by atoms with Crippen LogP contribution in [0.15, 0.2) is 205 Å². The van der Waals surface area contributed by atoms with Gasteiger partial charge in [-0.3, -0.25) is 9.97 Å². The van der Waals surface area contributed by atoms with Gasteiger partial charge in [0.05, 0.1) is 23.1 Å². The van der Waals surface area contributed by atoms with Gasteiger partial charge in [0.15, 0.2) is 0 Å². The van der Waals surface area contributed by atoms with Gasteiger partial charge in [-0.15, -0.1) is 0 Å². The van der Waals surface area contributed by atoms with E-state index in [2.05, 4.69) is 163 Å². The summed E-state index contributed by atoms with van der Waals surface area (Å²) < 4.78 is 6.73. The fraction of sp³-hybridized carbons (Fsp3) is 0.0816. The van der Waals surface area contributed by atoms with Crippen molar-refractivity contribution in [3.8, 4) is 28.0 Å². The van der Waals surface area contributed by atoms with Gasteiger partial charge in [0.25, 0.3) is 0 Å². The van der Waals surface area contributed by atoms with Crippen LogP contribution in [0.25, 0.3) is 28.0 Å². The summed E-state index contributed by atoms with van der Waals surface area (Å²) in [6.45, 7) is 0. The number of nitrogens with one attached hydrogen (secondary N) is 1. The monoisotopic (exact) mass is 696 g/mol. The molecule has 5 heteroatoms. The summed E-state index contributed by atoms with van der Waals surface area (Å²) >= 11 is 0. The molecule has 0 radical (unpaired) electrons.